The maximum atomic E-state index is 11.9. The minimum absolute atomic E-state index is 0.0683. The van der Waals surface area contributed by atoms with Crippen LogP contribution in [0.25, 0.3) is 0 Å². The summed E-state index contributed by atoms with van der Waals surface area (Å²) in [6.45, 7) is 6.83. The zero-order valence-corrected chi connectivity index (χ0v) is 15.3. The van der Waals surface area contributed by atoms with Gasteiger partial charge in [0.1, 0.15) is 18.2 Å². The van der Waals surface area contributed by atoms with Crippen molar-refractivity contribution in [3.05, 3.63) is 35.4 Å². The molecule has 2 amide bonds. The molecule has 0 spiro atoms. The number of esters is 1. The zero-order valence-electron chi connectivity index (χ0n) is 15.3. The van der Waals surface area contributed by atoms with Gasteiger partial charge in [0.25, 0.3) is 0 Å². The third-order valence-corrected chi connectivity index (χ3v) is 3.13. The monoisotopic (exact) mass is 350 g/mol. The maximum absolute atomic E-state index is 11.9. The maximum Gasteiger partial charge on any atom is 0.408 e. The Morgan fingerprint density at radius 1 is 1.08 bits per heavy atom. The standard InChI is InChI=1S/C18H26N2O5/c1-12(20-17(23)25-18(2,3)4)16(22)24-11-14-8-6-13(7-9-14)10-15(21)19-5/h6-9,12H,10-11H2,1-5H3,(H,19,21)(H,20,23)/t12-/m0/s1. The number of benzene rings is 1. The van der Waals surface area contributed by atoms with Gasteiger partial charge in [-0.2, -0.15) is 0 Å². The van der Waals surface area contributed by atoms with Gasteiger partial charge >= 0.3 is 12.1 Å². The zero-order chi connectivity index (χ0) is 19.0. The predicted molar refractivity (Wildman–Crippen MR) is 92.8 cm³/mol. The van der Waals surface area contributed by atoms with E-state index in [1.807, 2.05) is 0 Å². The number of nitrogens with one attached hydrogen (secondary N) is 2. The molecule has 2 N–H and O–H groups in total. The molecule has 1 aromatic rings. The molecule has 0 heterocycles. The van der Waals surface area contributed by atoms with Crippen LogP contribution in [0.1, 0.15) is 38.8 Å². The van der Waals surface area contributed by atoms with Crippen LogP contribution in [-0.2, 0) is 32.1 Å². The summed E-state index contributed by atoms with van der Waals surface area (Å²) in [5.41, 5.74) is 1.03. The lowest BCUT2D eigenvalue weighted by atomic mass is 10.1. The average Bonchev–Trinajstić information content (AvgIpc) is 2.51. The first kappa shape index (κ1) is 20.5. The van der Waals surface area contributed by atoms with Crippen LogP contribution in [-0.4, -0.2) is 36.7 Å². The number of carbonyl (C=O) groups excluding carboxylic acids is 3. The van der Waals surface area contributed by atoms with E-state index in [1.165, 1.54) is 6.92 Å². The lowest BCUT2D eigenvalue weighted by Gasteiger charge is -2.21. The molecule has 0 saturated carbocycles. The van der Waals surface area contributed by atoms with E-state index < -0.39 is 23.7 Å². The van der Waals surface area contributed by atoms with Gasteiger partial charge < -0.3 is 20.1 Å². The van der Waals surface area contributed by atoms with Gasteiger partial charge in [-0.15, -0.1) is 0 Å². The lowest BCUT2D eigenvalue weighted by Crippen LogP contribution is -2.42. The highest BCUT2D eigenvalue weighted by Crippen LogP contribution is 2.09. The van der Waals surface area contributed by atoms with Crippen LogP contribution in [0.2, 0.25) is 0 Å². The molecule has 0 aliphatic heterocycles. The normalized spacial score (nSPS) is 12.0. The molecule has 1 atom stereocenters. The number of ether oxygens (including phenoxy) is 2. The molecule has 0 unspecified atom stereocenters. The Labute approximate surface area is 148 Å². The summed E-state index contributed by atoms with van der Waals surface area (Å²) in [4.78, 5) is 34.9. The van der Waals surface area contributed by atoms with E-state index in [0.717, 1.165) is 11.1 Å². The summed E-state index contributed by atoms with van der Waals surface area (Å²) in [7, 11) is 1.59. The first-order chi connectivity index (χ1) is 11.6. The molecule has 0 fully saturated rings. The first-order valence-corrected chi connectivity index (χ1v) is 8.05. The van der Waals surface area contributed by atoms with Gasteiger partial charge in [0.2, 0.25) is 5.91 Å². The molecule has 1 aromatic carbocycles. The van der Waals surface area contributed by atoms with Crippen LogP contribution in [0.15, 0.2) is 24.3 Å². The second-order valence-electron chi connectivity index (χ2n) is 6.64. The van der Waals surface area contributed by atoms with E-state index in [0.29, 0.717) is 6.42 Å². The van der Waals surface area contributed by atoms with Crippen LogP contribution in [0, 0.1) is 0 Å². The van der Waals surface area contributed by atoms with E-state index in [-0.39, 0.29) is 12.5 Å². The number of hydrogen-bond donors (Lipinski definition) is 2. The van der Waals surface area contributed by atoms with Crippen molar-refractivity contribution in [2.24, 2.45) is 0 Å². The topological polar surface area (TPSA) is 93.7 Å². The van der Waals surface area contributed by atoms with Crippen molar-refractivity contribution >= 4 is 18.0 Å². The second kappa shape index (κ2) is 9.05. The fourth-order valence-electron chi connectivity index (χ4n) is 1.85. The van der Waals surface area contributed by atoms with Crippen LogP contribution in [0.5, 0.6) is 0 Å². The van der Waals surface area contributed by atoms with Crippen molar-refractivity contribution < 1.29 is 23.9 Å². The molecule has 7 heteroatoms. The minimum Gasteiger partial charge on any atom is -0.459 e. The summed E-state index contributed by atoms with van der Waals surface area (Å²) in [5.74, 6) is -0.624. The third-order valence-electron chi connectivity index (χ3n) is 3.13. The van der Waals surface area contributed by atoms with Crippen LogP contribution >= 0.6 is 0 Å². The van der Waals surface area contributed by atoms with E-state index in [9.17, 15) is 14.4 Å². The lowest BCUT2D eigenvalue weighted by molar-refractivity contribution is -0.147. The van der Waals surface area contributed by atoms with E-state index in [2.05, 4.69) is 10.6 Å². The van der Waals surface area contributed by atoms with Gasteiger partial charge in [-0.25, -0.2) is 9.59 Å². The van der Waals surface area contributed by atoms with Gasteiger partial charge in [-0.05, 0) is 38.8 Å². The molecule has 25 heavy (non-hydrogen) atoms. The molecule has 0 saturated heterocycles. The molecule has 0 aromatic heterocycles. The van der Waals surface area contributed by atoms with E-state index in [4.69, 9.17) is 9.47 Å². The Bertz CT molecular complexity index is 605. The number of alkyl carbamates (subject to hydrolysis) is 1. The Morgan fingerprint density at radius 3 is 2.16 bits per heavy atom. The predicted octanol–water partition coefficient (Wildman–Crippen LogP) is 1.93. The molecular formula is C18H26N2O5. The van der Waals surface area contributed by atoms with Crippen molar-refractivity contribution in [3.63, 3.8) is 0 Å². The first-order valence-electron chi connectivity index (χ1n) is 8.05. The Morgan fingerprint density at radius 2 is 1.64 bits per heavy atom. The highest BCUT2D eigenvalue weighted by molar-refractivity contribution is 5.81. The Kier molecular flexibility index (Phi) is 7.42. The molecule has 7 nitrogen and oxygen atoms in total. The molecular weight excluding hydrogens is 324 g/mol. The SMILES string of the molecule is CNC(=O)Cc1ccc(COC(=O)[C@H](C)NC(=O)OC(C)(C)C)cc1. The average molecular weight is 350 g/mol. The molecule has 0 aliphatic carbocycles. The summed E-state index contributed by atoms with van der Waals surface area (Å²) in [5, 5.41) is 4.99. The van der Waals surface area contributed by atoms with Gasteiger partial charge in [-0.3, -0.25) is 4.79 Å². The van der Waals surface area contributed by atoms with Gasteiger partial charge in [-0.1, -0.05) is 24.3 Å². The van der Waals surface area contributed by atoms with Crippen LogP contribution in [0.3, 0.4) is 0 Å². The third kappa shape index (κ3) is 8.19. The van der Waals surface area contributed by atoms with E-state index >= 15 is 0 Å². The van der Waals surface area contributed by atoms with Crippen molar-refractivity contribution in [2.75, 3.05) is 7.05 Å². The second-order valence-corrected chi connectivity index (χ2v) is 6.64. The Balaban J connectivity index is 2.45. The number of carbonyl (C=O) groups is 3. The highest BCUT2D eigenvalue weighted by Gasteiger charge is 2.21. The molecule has 0 radical (unpaired) electrons. The summed E-state index contributed by atoms with van der Waals surface area (Å²) >= 11 is 0. The highest BCUT2D eigenvalue weighted by atomic mass is 16.6. The van der Waals surface area contributed by atoms with Gasteiger partial charge in [0, 0.05) is 7.05 Å². The van der Waals surface area contributed by atoms with Crippen molar-refractivity contribution in [3.8, 4) is 0 Å². The van der Waals surface area contributed by atoms with Crippen LogP contribution in [0.4, 0.5) is 4.79 Å². The fourth-order valence-corrected chi connectivity index (χ4v) is 1.85. The van der Waals surface area contributed by atoms with Gasteiger partial charge in [0.05, 0.1) is 6.42 Å². The van der Waals surface area contributed by atoms with Crippen LogP contribution < -0.4 is 10.6 Å². The quantitative estimate of drug-likeness (QED) is 0.765. The number of amides is 2. The molecule has 138 valence electrons. The Hall–Kier alpha value is -2.57. The number of hydrogen-bond acceptors (Lipinski definition) is 5. The summed E-state index contributed by atoms with van der Waals surface area (Å²) in [6, 6.07) is 6.37. The molecule has 0 bridgehead atoms. The summed E-state index contributed by atoms with van der Waals surface area (Å²) < 4.78 is 10.3. The fraction of sp³-hybridized carbons (Fsp3) is 0.500. The van der Waals surface area contributed by atoms with Crippen molar-refractivity contribution in [1.82, 2.24) is 10.6 Å². The van der Waals surface area contributed by atoms with Crippen molar-refractivity contribution in [2.45, 2.75) is 52.4 Å². The molecule has 0 aliphatic rings. The minimum atomic E-state index is -0.817. The van der Waals surface area contributed by atoms with E-state index in [1.54, 1.807) is 52.1 Å². The number of likely N-dealkylation sites (N-methyl/N-ethyl adjacent to an activating group) is 1. The largest absolute Gasteiger partial charge is 0.459 e. The van der Waals surface area contributed by atoms with Crippen molar-refractivity contribution in [1.29, 1.82) is 0 Å². The smallest absolute Gasteiger partial charge is 0.408 e. The van der Waals surface area contributed by atoms with Gasteiger partial charge in [0.15, 0.2) is 0 Å². The summed E-state index contributed by atoms with van der Waals surface area (Å²) in [6.07, 6.45) is -0.372. The number of rotatable bonds is 6. The molecule has 1 rings (SSSR count).